The minimum atomic E-state index is 0.0815. The molecule has 1 aromatic carbocycles. The van der Waals surface area contributed by atoms with Crippen molar-refractivity contribution in [3.8, 4) is 0 Å². The average Bonchev–Trinajstić information content (AvgIpc) is 2.38. The van der Waals surface area contributed by atoms with E-state index in [9.17, 15) is 9.59 Å². The zero-order valence-electron chi connectivity index (χ0n) is 10.1. The molecule has 17 heavy (non-hydrogen) atoms. The average molecular weight is 231 g/mol. The summed E-state index contributed by atoms with van der Waals surface area (Å²) in [4.78, 5) is 24.7. The molecule has 1 heterocycles. The Morgan fingerprint density at radius 1 is 1.35 bits per heavy atom. The molecule has 0 aliphatic carbocycles. The molecule has 3 heteroatoms. The van der Waals surface area contributed by atoms with Crippen molar-refractivity contribution in [3.63, 3.8) is 0 Å². The molecule has 1 amide bonds. The molecule has 2 rings (SSSR count). The van der Waals surface area contributed by atoms with Gasteiger partial charge in [0.15, 0.2) is 0 Å². The molecule has 0 spiro atoms. The van der Waals surface area contributed by atoms with Crippen LogP contribution in [0.3, 0.4) is 0 Å². The van der Waals surface area contributed by atoms with E-state index < -0.39 is 0 Å². The standard InChI is InChI=1S/C14H17NO2/c1-11-3-2-4-13(9-11)14(17)15-7-5-12(10-16)6-8-15/h2-4,9-10,12H,5-8H2,1H3. The van der Waals surface area contributed by atoms with E-state index in [1.165, 1.54) is 0 Å². The van der Waals surface area contributed by atoms with Crippen molar-refractivity contribution in [2.24, 2.45) is 5.92 Å². The Morgan fingerprint density at radius 3 is 2.65 bits per heavy atom. The zero-order valence-corrected chi connectivity index (χ0v) is 10.1. The van der Waals surface area contributed by atoms with Gasteiger partial charge in [0.25, 0.3) is 5.91 Å². The second kappa shape index (κ2) is 5.13. The fourth-order valence-corrected chi connectivity index (χ4v) is 2.20. The monoisotopic (exact) mass is 231 g/mol. The van der Waals surface area contributed by atoms with E-state index in [-0.39, 0.29) is 11.8 Å². The zero-order chi connectivity index (χ0) is 12.3. The van der Waals surface area contributed by atoms with Crippen molar-refractivity contribution in [2.75, 3.05) is 13.1 Å². The van der Waals surface area contributed by atoms with E-state index in [1.807, 2.05) is 36.1 Å². The molecule has 3 nitrogen and oxygen atoms in total. The third kappa shape index (κ3) is 2.73. The molecular formula is C14H17NO2. The summed E-state index contributed by atoms with van der Waals surface area (Å²) in [6.45, 7) is 3.36. The molecule has 0 aromatic heterocycles. The highest BCUT2D eigenvalue weighted by atomic mass is 16.2. The number of carbonyl (C=O) groups is 2. The number of hydrogen-bond donors (Lipinski definition) is 0. The van der Waals surface area contributed by atoms with Crippen LogP contribution in [0.15, 0.2) is 24.3 Å². The number of likely N-dealkylation sites (tertiary alicyclic amines) is 1. The van der Waals surface area contributed by atoms with Gasteiger partial charge in [0.05, 0.1) is 0 Å². The minimum Gasteiger partial charge on any atom is -0.339 e. The summed E-state index contributed by atoms with van der Waals surface area (Å²) in [5.74, 6) is 0.217. The largest absolute Gasteiger partial charge is 0.339 e. The summed E-state index contributed by atoms with van der Waals surface area (Å²) in [5, 5.41) is 0. The molecule has 0 bridgehead atoms. The molecule has 0 saturated carbocycles. The van der Waals surface area contributed by atoms with Crippen LogP contribution in [0.25, 0.3) is 0 Å². The summed E-state index contributed by atoms with van der Waals surface area (Å²) in [6.07, 6.45) is 2.59. The Bertz CT molecular complexity index is 420. The Hall–Kier alpha value is -1.64. The number of aryl methyl sites for hydroxylation is 1. The lowest BCUT2D eigenvalue weighted by molar-refractivity contribution is -0.112. The van der Waals surface area contributed by atoms with E-state index in [0.29, 0.717) is 13.1 Å². The van der Waals surface area contributed by atoms with E-state index in [4.69, 9.17) is 0 Å². The summed E-state index contributed by atoms with van der Waals surface area (Å²) < 4.78 is 0. The molecule has 1 aromatic rings. The Kier molecular flexibility index (Phi) is 3.57. The van der Waals surface area contributed by atoms with Gasteiger partial charge in [-0.15, -0.1) is 0 Å². The number of nitrogens with zero attached hydrogens (tertiary/aromatic N) is 1. The predicted octanol–water partition coefficient (Wildman–Crippen LogP) is 2.05. The molecule has 90 valence electrons. The third-order valence-corrected chi connectivity index (χ3v) is 3.28. The van der Waals surface area contributed by atoms with Crippen LogP contribution in [0.2, 0.25) is 0 Å². The van der Waals surface area contributed by atoms with Gasteiger partial charge in [-0.25, -0.2) is 0 Å². The van der Waals surface area contributed by atoms with E-state index in [1.54, 1.807) is 0 Å². The fraction of sp³-hybridized carbons (Fsp3) is 0.429. The predicted molar refractivity (Wildman–Crippen MR) is 65.9 cm³/mol. The van der Waals surface area contributed by atoms with Crippen molar-refractivity contribution >= 4 is 12.2 Å². The molecule has 1 aliphatic rings. The summed E-state index contributed by atoms with van der Waals surface area (Å²) in [5.41, 5.74) is 1.84. The van der Waals surface area contributed by atoms with Crippen LogP contribution in [0.1, 0.15) is 28.8 Å². The highest BCUT2D eigenvalue weighted by Gasteiger charge is 2.23. The summed E-state index contributed by atoms with van der Waals surface area (Å²) >= 11 is 0. The number of rotatable bonds is 2. The Balaban J connectivity index is 2.04. The molecule has 0 radical (unpaired) electrons. The van der Waals surface area contributed by atoms with Gasteiger partial charge in [-0.3, -0.25) is 4.79 Å². The molecule has 0 N–H and O–H groups in total. The van der Waals surface area contributed by atoms with Gasteiger partial charge in [0.1, 0.15) is 6.29 Å². The van der Waals surface area contributed by atoms with Gasteiger partial charge in [0, 0.05) is 24.6 Å². The highest BCUT2D eigenvalue weighted by Crippen LogP contribution is 2.17. The lowest BCUT2D eigenvalue weighted by atomic mass is 9.98. The van der Waals surface area contributed by atoms with Gasteiger partial charge in [0.2, 0.25) is 0 Å². The van der Waals surface area contributed by atoms with E-state index in [0.717, 1.165) is 30.3 Å². The summed E-state index contributed by atoms with van der Waals surface area (Å²) in [7, 11) is 0. The number of piperidine rings is 1. The fourth-order valence-electron chi connectivity index (χ4n) is 2.20. The van der Waals surface area contributed by atoms with Crippen molar-refractivity contribution in [1.29, 1.82) is 0 Å². The maximum Gasteiger partial charge on any atom is 0.253 e. The van der Waals surface area contributed by atoms with Crippen LogP contribution >= 0.6 is 0 Å². The Labute approximate surface area is 101 Å². The third-order valence-electron chi connectivity index (χ3n) is 3.28. The van der Waals surface area contributed by atoms with Crippen LogP contribution in [-0.4, -0.2) is 30.2 Å². The normalized spacial score (nSPS) is 16.9. The molecule has 0 unspecified atom stereocenters. The van der Waals surface area contributed by atoms with E-state index in [2.05, 4.69) is 0 Å². The molecular weight excluding hydrogens is 214 g/mol. The maximum atomic E-state index is 12.2. The molecule has 0 atom stereocenters. The lowest BCUT2D eigenvalue weighted by Gasteiger charge is -2.29. The maximum absolute atomic E-state index is 12.2. The van der Waals surface area contributed by atoms with Gasteiger partial charge in [-0.1, -0.05) is 17.7 Å². The van der Waals surface area contributed by atoms with Gasteiger partial charge >= 0.3 is 0 Å². The number of carbonyl (C=O) groups excluding carboxylic acids is 2. The van der Waals surface area contributed by atoms with Gasteiger partial charge < -0.3 is 9.69 Å². The van der Waals surface area contributed by atoms with Crippen molar-refractivity contribution in [1.82, 2.24) is 4.90 Å². The first kappa shape index (κ1) is 11.8. The number of aldehydes is 1. The van der Waals surface area contributed by atoms with Crippen molar-refractivity contribution in [3.05, 3.63) is 35.4 Å². The first-order chi connectivity index (χ1) is 8.20. The van der Waals surface area contributed by atoms with Crippen molar-refractivity contribution < 1.29 is 9.59 Å². The molecule has 1 aliphatic heterocycles. The van der Waals surface area contributed by atoms with Gasteiger partial charge in [-0.05, 0) is 31.9 Å². The van der Waals surface area contributed by atoms with Crippen LogP contribution < -0.4 is 0 Å². The number of benzene rings is 1. The van der Waals surface area contributed by atoms with E-state index >= 15 is 0 Å². The first-order valence-corrected chi connectivity index (χ1v) is 6.02. The van der Waals surface area contributed by atoms with Crippen molar-refractivity contribution in [2.45, 2.75) is 19.8 Å². The highest BCUT2D eigenvalue weighted by molar-refractivity contribution is 5.94. The van der Waals surface area contributed by atoms with Crippen LogP contribution in [0.4, 0.5) is 0 Å². The first-order valence-electron chi connectivity index (χ1n) is 6.02. The smallest absolute Gasteiger partial charge is 0.253 e. The van der Waals surface area contributed by atoms with Gasteiger partial charge in [-0.2, -0.15) is 0 Å². The number of amides is 1. The second-order valence-corrected chi connectivity index (χ2v) is 4.64. The second-order valence-electron chi connectivity index (χ2n) is 4.64. The van der Waals surface area contributed by atoms with Crippen LogP contribution in [0, 0.1) is 12.8 Å². The quantitative estimate of drug-likeness (QED) is 0.730. The molecule has 1 fully saturated rings. The van der Waals surface area contributed by atoms with Crippen LogP contribution in [0.5, 0.6) is 0 Å². The minimum absolute atomic E-state index is 0.0815. The topological polar surface area (TPSA) is 37.4 Å². The lowest BCUT2D eigenvalue weighted by Crippen LogP contribution is -2.38. The SMILES string of the molecule is Cc1cccc(C(=O)N2CCC(C=O)CC2)c1. The molecule has 1 saturated heterocycles. The number of hydrogen-bond acceptors (Lipinski definition) is 2. The summed E-state index contributed by atoms with van der Waals surface area (Å²) in [6, 6.07) is 7.64. The Morgan fingerprint density at radius 2 is 2.06 bits per heavy atom. The van der Waals surface area contributed by atoms with Crippen LogP contribution in [-0.2, 0) is 4.79 Å².